The molecule has 1 aromatic carbocycles. The summed E-state index contributed by atoms with van der Waals surface area (Å²) in [6.45, 7) is 0. The summed E-state index contributed by atoms with van der Waals surface area (Å²) in [6.07, 6.45) is 1.82. The molecule has 13 heavy (non-hydrogen) atoms. The molecule has 2 rings (SSSR count). The number of halogens is 1. The minimum absolute atomic E-state index is 1.03. The molecule has 2 nitrogen and oxygen atoms in total. The van der Waals surface area contributed by atoms with Crippen LogP contribution in [0.25, 0.3) is 10.9 Å². The predicted molar refractivity (Wildman–Crippen MR) is 64.0 cm³/mol. The van der Waals surface area contributed by atoms with Crippen LogP contribution in [0.4, 0.5) is 5.69 Å². The highest BCUT2D eigenvalue weighted by Crippen LogP contribution is 2.22. The maximum absolute atomic E-state index is 4.29. The number of hydrogen-bond acceptors (Lipinski definition) is 2. The lowest BCUT2D eigenvalue weighted by Crippen LogP contribution is -1.90. The van der Waals surface area contributed by atoms with Gasteiger partial charge in [0.15, 0.2) is 0 Å². The third-order valence-corrected chi connectivity index (χ3v) is 2.64. The molecule has 1 N–H and O–H groups in total. The molecule has 0 saturated heterocycles. The van der Waals surface area contributed by atoms with Crippen molar-refractivity contribution in [3.05, 3.63) is 34.0 Å². The molecule has 0 fully saturated rings. The lowest BCUT2D eigenvalue weighted by molar-refractivity contribution is 1.39. The SMILES string of the molecule is CNc1ccnc2ccc(I)cc12. The van der Waals surface area contributed by atoms with E-state index in [2.05, 4.69) is 45.0 Å². The Kier molecular flexibility index (Phi) is 2.35. The van der Waals surface area contributed by atoms with Gasteiger partial charge < -0.3 is 5.32 Å². The van der Waals surface area contributed by atoms with E-state index in [1.165, 1.54) is 8.96 Å². The molecule has 0 atom stereocenters. The Morgan fingerprint density at radius 2 is 2.15 bits per heavy atom. The largest absolute Gasteiger partial charge is 0.388 e. The summed E-state index contributed by atoms with van der Waals surface area (Å²) in [7, 11) is 1.93. The highest BCUT2D eigenvalue weighted by atomic mass is 127. The fourth-order valence-corrected chi connectivity index (χ4v) is 1.83. The molecular weight excluding hydrogens is 275 g/mol. The first kappa shape index (κ1) is 8.74. The van der Waals surface area contributed by atoms with Crippen molar-refractivity contribution < 1.29 is 0 Å². The molecule has 0 bridgehead atoms. The Morgan fingerprint density at radius 1 is 1.31 bits per heavy atom. The zero-order valence-electron chi connectivity index (χ0n) is 7.21. The maximum atomic E-state index is 4.29. The van der Waals surface area contributed by atoms with E-state index in [4.69, 9.17) is 0 Å². The van der Waals surface area contributed by atoms with Crippen molar-refractivity contribution in [1.29, 1.82) is 0 Å². The average molecular weight is 284 g/mol. The number of aromatic nitrogens is 1. The van der Waals surface area contributed by atoms with Crippen LogP contribution in [0, 0.1) is 3.57 Å². The van der Waals surface area contributed by atoms with Crippen LogP contribution in [-0.2, 0) is 0 Å². The van der Waals surface area contributed by atoms with E-state index in [1.807, 2.05) is 25.4 Å². The highest BCUT2D eigenvalue weighted by Gasteiger charge is 1.99. The fourth-order valence-electron chi connectivity index (χ4n) is 1.34. The summed E-state index contributed by atoms with van der Waals surface area (Å²) < 4.78 is 1.23. The lowest BCUT2D eigenvalue weighted by atomic mass is 10.2. The van der Waals surface area contributed by atoms with E-state index in [0.717, 1.165) is 11.2 Å². The maximum Gasteiger partial charge on any atom is 0.0723 e. The number of fused-ring (bicyclic) bond motifs is 1. The smallest absolute Gasteiger partial charge is 0.0723 e. The predicted octanol–water partition coefficient (Wildman–Crippen LogP) is 2.88. The van der Waals surface area contributed by atoms with Gasteiger partial charge in [0.2, 0.25) is 0 Å². The topological polar surface area (TPSA) is 24.9 Å². The molecule has 1 aromatic heterocycles. The quantitative estimate of drug-likeness (QED) is 0.814. The van der Waals surface area contributed by atoms with E-state index in [0.29, 0.717) is 0 Å². The van der Waals surface area contributed by atoms with Crippen LogP contribution in [0.3, 0.4) is 0 Å². The van der Waals surface area contributed by atoms with Gasteiger partial charge in [0.05, 0.1) is 5.52 Å². The molecule has 0 unspecified atom stereocenters. The second kappa shape index (κ2) is 3.49. The third kappa shape index (κ3) is 1.60. The Labute approximate surface area is 90.5 Å². The molecule has 0 radical (unpaired) electrons. The normalized spacial score (nSPS) is 10.3. The first-order valence-electron chi connectivity index (χ1n) is 4.03. The van der Waals surface area contributed by atoms with Gasteiger partial charge in [-0.3, -0.25) is 4.98 Å². The van der Waals surface area contributed by atoms with E-state index in [1.54, 1.807) is 0 Å². The molecule has 3 heteroatoms. The van der Waals surface area contributed by atoms with Gasteiger partial charge >= 0.3 is 0 Å². The Balaban J connectivity index is 2.79. The first-order valence-corrected chi connectivity index (χ1v) is 5.11. The number of benzene rings is 1. The van der Waals surface area contributed by atoms with Crippen LogP contribution in [0.15, 0.2) is 30.5 Å². The van der Waals surface area contributed by atoms with Crippen LogP contribution in [0.2, 0.25) is 0 Å². The summed E-state index contributed by atoms with van der Waals surface area (Å²) >= 11 is 2.31. The second-order valence-corrected chi connectivity index (χ2v) is 4.02. The Morgan fingerprint density at radius 3 is 2.92 bits per heavy atom. The molecule has 66 valence electrons. The molecule has 0 saturated carbocycles. The number of pyridine rings is 1. The standard InChI is InChI=1S/C10H9IN2/c1-12-9-4-5-13-10-3-2-7(11)6-8(9)10/h2-6H,1H3,(H,12,13). The van der Waals surface area contributed by atoms with Gasteiger partial charge in [0.25, 0.3) is 0 Å². The van der Waals surface area contributed by atoms with Crippen LogP contribution in [0.1, 0.15) is 0 Å². The van der Waals surface area contributed by atoms with Crippen LogP contribution >= 0.6 is 22.6 Å². The fraction of sp³-hybridized carbons (Fsp3) is 0.100. The van der Waals surface area contributed by atoms with Crippen molar-refractivity contribution in [2.24, 2.45) is 0 Å². The average Bonchev–Trinajstić information content (AvgIpc) is 2.17. The van der Waals surface area contributed by atoms with Gasteiger partial charge in [-0.25, -0.2) is 0 Å². The summed E-state index contributed by atoms with van der Waals surface area (Å²) in [4.78, 5) is 4.29. The monoisotopic (exact) mass is 284 g/mol. The third-order valence-electron chi connectivity index (χ3n) is 1.97. The zero-order chi connectivity index (χ0) is 9.26. The number of nitrogens with one attached hydrogen (secondary N) is 1. The Hall–Kier alpha value is -0.840. The van der Waals surface area contributed by atoms with Crippen molar-refractivity contribution in [1.82, 2.24) is 4.98 Å². The summed E-state index contributed by atoms with van der Waals surface area (Å²) in [6, 6.07) is 8.22. The first-order chi connectivity index (χ1) is 6.31. The highest BCUT2D eigenvalue weighted by molar-refractivity contribution is 14.1. The number of hydrogen-bond donors (Lipinski definition) is 1. The molecule has 0 amide bonds. The van der Waals surface area contributed by atoms with E-state index in [-0.39, 0.29) is 0 Å². The molecule has 0 aliphatic rings. The van der Waals surface area contributed by atoms with Crippen molar-refractivity contribution in [2.75, 3.05) is 12.4 Å². The van der Waals surface area contributed by atoms with Crippen LogP contribution in [0.5, 0.6) is 0 Å². The van der Waals surface area contributed by atoms with E-state index < -0.39 is 0 Å². The second-order valence-electron chi connectivity index (χ2n) is 2.77. The van der Waals surface area contributed by atoms with Gasteiger partial charge in [-0.1, -0.05) is 0 Å². The summed E-state index contributed by atoms with van der Waals surface area (Å²) in [5, 5.41) is 4.33. The Bertz CT molecular complexity index is 440. The zero-order valence-corrected chi connectivity index (χ0v) is 9.37. The summed E-state index contributed by atoms with van der Waals surface area (Å²) in [5.41, 5.74) is 2.16. The molecule has 2 aromatic rings. The van der Waals surface area contributed by atoms with Gasteiger partial charge in [0, 0.05) is 27.9 Å². The van der Waals surface area contributed by atoms with E-state index >= 15 is 0 Å². The van der Waals surface area contributed by atoms with Crippen molar-refractivity contribution in [3.63, 3.8) is 0 Å². The molecule has 1 heterocycles. The van der Waals surface area contributed by atoms with Gasteiger partial charge in [-0.15, -0.1) is 0 Å². The number of rotatable bonds is 1. The number of anilines is 1. The van der Waals surface area contributed by atoms with Gasteiger partial charge in [0.1, 0.15) is 0 Å². The van der Waals surface area contributed by atoms with Crippen LogP contribution in [-0.4, -0.2) is 12.0 Å². The molecule has 0 aliphatic carbocycles. The number of nitrogens with zero attached hydrogens (tertiary/aromatic N) is 1. The van der Waals surface area contributed by atoms with Crippen LogP contribution < -0.4 is 5.32 Å². The minimum atomic E-state index is 1.03. The summed E-state index contributed by atoms with van der Waals surface area (Å²) in [5.74, 6) is 0. The van der Waals surface area contributed by atoms with Crippen molar-refractivity contribution >= 4 is 39.2 Å². The van der Waals surface area contributed by atoms with Crippen molar-refractivity contribution in [2.45, 2.75) is 0 Å². The van der Waals surface area contributed by atoms with Gasteiger partial charge in [-0.2, -0.15) is 0 Å². The van der Waals surface area contributed by atoms with E-state index in [9.17, 15) is 0 Å². The molecular formula is C10H9IN2. The molecule has 0 aliphatic heterocycles. The lowest BCUT2D eigenvalue weighted by Gasteiger charge is -2.04. The van der Waals surface area contributed by atoms with Gasteiger partial charge in [-0.05, 0) is 46.9 Å². The molecule has 0 spiro atoms. The van der Waals surface area contributed by atoms with Crippen molar-refractivity contribution in [3.8, 4) is 0 Å². The minimum Gasteiger partial charge on any atom is -0.388 e.